The van der Waals surface area contributed by atoms with Gasteiger partial charge >= 0.3 is 0 Å². The van der Waals surface area contributed by atoms with E-state index in [2.05, 4.69) is 44.1 Å². The molecule has 0 saturated heterocycles. The van der Waals surface area contributed by atoms with E-state index in [0.29, 0.717) is 5.92 Å². The Kier molecular flexibility index (Phi) is 7.25. The summed E-state index contributed by atoms with van der Waals surface area (Å²) in [4.78, 5) is 4.35. The number of rotatable bonds is 1. The predicted octanol–water partition coefficient (Wildman–Crippen LogP) is 3.78. The monoisotopic (exact) mass is 249 g/mol. The fourth-order valence-electron chi connectivity index (χ4n) is 1.49. The number of nitrogens with one attached hydrogen (secondary N) is 2. The van der Waals surface area contributed by atoms with Crippen molar-refractivity contribution in [2.75, 3.05) is 0 Å². The van der Waals surface area contributed by atoms with Crippen molar-refractivity contribution in [2.45, 2.75) is 47.1 Å². The third-order valence-corrected chi connectivity index (χ3v) is 2.97. The van der Waals surface area contributed by atoms with E-state index in [0.717, 1.165) is 5.71 Å². The quantitative estimate of drug-likeness (QED) is 0.683. The van der Waals surface area contributed by atoms with Crippen LogP contribution < -0.4 is 5.32 Å². The zero-order valence-electron chi connectivity index (χ0n) is 12.5. The first-order chi connectivity index (χ1) is 8.46. The third-order valence-electron chi connectivity index (χ3n) is 2.97. The fourth-order valence-corrected chi connectivity index (χ4v) is 1.49. The second-order valence-corrected chi connectivity index (χ2v) is 4.89. The number of aliphatic imine (C=N–C) groups is 1. The van der Waals surface area contributed by atoms with Crippen molar-refractivity contribution in [3.8, 4) is 0 Å². The Morgan fingerprint density at radius 2 is 1.94 bits per heavy atom. The molecule has 102 valence electrons. The minimum Gasteiger partial charge on any atom is -0.383 e. The zero-order chi connectivity index (χ0) is 14.2. The van der Waals surface area contributed by atoms with Crippen LogP contribution in [0.2, 0.25) is 0 Å². The van der Waals surface area contributed by atoms with Gasteiger partial charge in [0.2, 0.25) is 0 Å². The third kappa shape index (κ3) is 5.30. The smallest absolute Gasteiger partial charge is 0.0612 e. The molecule has 1 heterocycles. The molecule has 3 heteroatoms. The highest BCUT2D eigenvalue weighted by atomic mass is 14.9. The molecule has 1 aliphatic heterocycles. The van der Waals surface area contributed by atoms with Gasteiger partial charge in [0, 0.05) is 18.3 Å². The van der Waals surface area contributed by atoms with Gasteiger partial charge in [-0.15, -0.1) is 0 Å². The van der Waals surface area contributed by atoms with Gasteiger partial charge in [-0.1, -0.05) is 33.8 Å². The molecule has 2 atom stereocenters. The lowest BCUT2D eigenvalue weighted by Crippen LogP contribution is -2.33. The molecule has 0 bridgehead atoms. The van der Waals surface area contributed by atoms with Crippen LogP contribution in [0.1, 0.15) is 41.5 Å². The topological polar surface area (TPSA) is 48.2 Å². The van der Waals surface area contributed by atoms with Crippen molar-refractivity contribution in [2.24, 2.45) is 16.8 Å². The highest BCUT2D eigenvalue weighted by Crippen LogP contribution is 2.16. The summed E-state index contributed by atoms with van der Waals surface area (Å²) in [5.41, 5.74) is 0.721. The lowest BCUT2D eigenvalue weighted by Gasteiger charge is -2.23. The summed E-state index contributed by atoms with van der Waals surface area (Å²) in [7, 11) is 0. The minimum atomic E-state index is -0.104. The van der Waals surface area contributed by atoms with Gasteiger partial charge in [0.05, 0.1) is 11.3 Å². The first kappa shape index (κ1) is 16.6. The summed E-state index contributed by atoms with van der Waals surface area (Å²) in [6, 6.07) is 0. The molecule has 0 aliphatic carbocycles. The van der Waals surface area contributed by atoms with Gasteiger partial charge in [0.25, 0.3) is 0 Å². The van der Waals surface area contributed by atoms with E-state index in [4.69, 9.17) is 5.41 Å². The van der Waals surface area contributed by atoms with Crippen LogP contribution in [0.4, 0.5) is 0 Å². The first-order valence-electron chi connectivity index (χ1n) is 6.66. The Morgan fingerprint density at radius 1 is 1.33 bits per heavy atom. The maximum absolute atomic E-state index is 7.38. The maximum Gasteiger partial charge on any atom is 0.0612 e. The molecule has 3 nitrogen and oxygen atoms in total. The van der Waals surface area contributed by atoms with Crippen LogP contribution in [0.5, 0.6) is 0 Å². The Morgan fingerprint density at radius 3 is 2.50 bits per heavy atom. The van der Waals surface area contributed by atoms with Crippen molar-refractivity contribution in [1.29, 1.82) is 5.41 Å². The maximum atomic E-state index is 7.38. The summed E-state index contributed by atoms with van der Waals surface area (Å²) in [5.74, 6) is 0.636. The molecule has 0 spiro atoms. The van der Waals surface area contributed by atoms with Gasteiger partial charge in [0.15, 0.2) is 0 Å². The Hall–Kier alpha value is -1.38. The highest BCUT2D eigenvalue weighted by molar-refractivity contribution is 6.30. The molecule has 2 N–H and O–H groups in total. The molecular weight excluding hydrogens is 222 g/mol. The SMILES string of the molecule is CC.CC1/C=C\NC(C)(C)/C=C\N=C(C=N)C1C. The van der Waals surface area contributed by atoms with Crippen LogP contribution in [-0.2, 0) is 0 Å². The van der Waals surface area contributed by atoms with Crippen LogP contribution in [-0.4, -0.2) is 17.5 Å². The molecule has 0 amide bonds. The summed E-state index contributed by atoms with van der Waals surface area (Å²) >= 11 is 0. The molecule has 0 aromatic carbocycles. The minimum absolute atomic E-state index is 0.104. The van der Waals surface area contributed by atoms with E-state index in [1.807, 2.05) is 26.1 Å². The van der Waals surface area contributed by atoms with Crippen LogP contribution in [0.3, 0.4) is 0 Å². The Labute approximate surface area is 112 Å². The largest absolute Gasteiger partial charge is 0.383 e. The molecular formula is C15H27N3. The summed E-state index contributed by atoms with van der Waals surface area (Å²) in [6.45, 7) is 12.4. The summed E-state index contributed by atoms with van der Waals surface area (Å²) < 4.78 is 0. The Balaban J connectivity index is 0.00000137. The predicted molar refractivity (Wildman–Crippen MR) is 81.4 cm³/mol. The molecule has 0 saturated carbocycles. The van der Waals surface area contributed by atoms with Gasteiger partial charge in [0.1, 0.15) is 0 Å². The number of hydrogen-bond acceptors (Lipinski definition) is 3. The first-order valence-corrected chi connectivity index (χ1v) is 6.66. The highest BCUT2D eigenvalue weighted by Gasteiger charge is 2.16. The van der Waals surface area contributed by atoms with Crippen molar-refractivity contribution >= 4 is 11.9 Å². The van der Waals surface area contributed by atoms with E-state index in [1.54, 1.807) is 6.20 Å². The lowest BCUT2D eigenvalue weighted by atomic mass is 9.91. The average molecular weight is 249 g/mol. The average Bonchev–Trinajstić information content (AvgIpc) is 2.35. The van der Waals surface area contributed by atoms with E-state index in [-0.39, 0.29) is 11.5 Å². The number of nitrogens with zero attached hydrogens (tertiary/aromatic N) is 1. The van der Waals surface area contributed by atoms with Crippen LogP contribution in [0.15, 0.2) is 29.5 Å². The van der Waals surface area contributed by atoms with Crippen molar-refractivity contribution in [3.63, 3.8) is 0 Å². The molecule has 0 aromatic heterocycles. The number of hydrogen-bond donors (Lipinski definition) is 2. The molecule has 2 unspecified atom stereocenters. The van der Waals surface area contributed by atoms with E-state index < -0.39 is 0 Å². The summed E-state index contributed by atoms with van der Waals surface area (Å²) in [5, 5.41) is 10.7. The second-order valence-electron chi connectivity index (χ2n) is 4.89. The standard InChI is InChI=1S/C13H21N3.C2H6/c1-10-5-7-16-13(3,4)6-8-15-12(9-14)11(10)2;1-2/h5-11,14,16H,1-4H3;1-2H3/b7-5-,8-6-,14-9?,15-12?;. The normalized spacial score (nSPS) is 29.8. The van der Waals surface area contributed by atoms with E-state index in [9.17, 15) is 0 Å². The molecule has 0 fully saturated rings. The van der Waals surface area contributed by atoms with E-state index in [1.165, 1.54) is 6.21 Å². The van der Waals surface area contributed by atoms with Crippen molar-refractivity contribution in [1.82, 2.24) is 5.32 Å². The lowest BCUT2D eigenvalue weighted by molar-refractivity contribution is 0.537. The van der Waals surface area contributed by atoms with Crippen LogP contribution in [0, 0.1) is 17.2 Å². The van der Waals surface area contributed by atoms with Crippen molar-refractivity contribution in [3.05, 3.63) is 24.6 Å². The van der Waals surface area contributed by atoms with Gasteiger partial charge in [-0.05, 0) is 32.0 Å². The van der Waals surface area contributed by atoms with Crippen LogP contribution >= 0.6 is 0 Å². The van der Waals surface area contributed by atoms with Gasteiger partial charge < -0.3 is 10.7 Å². The van der Waals surface area contributed by atoms with Crippen molar-refractivity contribution < 1.29 is 0 Å². The van der Waals surface area contributed by atoms with Crippen LogP contribution in [0.25, 0.3) is 0 Å². The molecule has 0 radical (unpaired) electrons. The molecule has 18 heavy (non-hydrogen) atoms. The zero-order valence-corrected chi connectivity index (χ0v) is 12.5. The molecule has 1 rings (SSSR count). The number of allylic oxidation sites excluding steroid dienone is 1. The molecule has 0 aromatic rings. The van der Waals surface area contributed by atoms with E-state index >= 15 is 0 Å². The second kappa shape index (κ2) is 7.85. The van der Waals surface area contributed by atoms with Gasteiger partial charge in [-0.2, -0.15) is 0 Å². The fraction of sp³-hybridized carbons (Fsp3) is 0.600. The van der Waals surface area contributed by atoms with Gasteiger partial charge in [-0.3, -0.25) is 4.99 Å². The van der Waals surface area contributed by atoms with Gasteiger partial charge in [-0.25, -0.2) is 0 Å². The molecule has 1 aliphatic rings. The Bertz CT molecular complexity index is 338. The summed E-state index contributed by atoms with van der Waals surface area (Å²) in [6.07, 6.45) is 9.27.